The Labute approximate surface area is 172 Å². The van der Waals surface area contributed by atoms with E-state index in [0.29, 0.717) is 18.8 Å². The number of pyridine rings is 1. The third-order valence-corrected chi connectivity index (χ3v) is 4.70. The van der Waals surface area contributed by atoms with Gasteiger partial charge in [-0.05, 0) is 24.3 Å². The van der Waals surface area contributed by atoms with E-state index in [-0.39, 0.29) is 17.8 Å². The quantitative estimate of drug-likeness (QED) is 0.661. The van der Waals surface area contributed by atoms with Gasteiger partial charge in [0.1, 0.15) is 5.82 Å². The van der Waals surface area contributed by atoms with Gasteiger partial charge in [0.2, 0.25) is 5.91 Å². The summed E-state index contributed by atoms with van der Waals surface area (Å²) in [5.74, 6) is 0.207. The van der Waals surface area contributed by atoms with Crippen LogP contribution in [-0.4, -0.2) is 58.1 Å². The summed E-state index contributed by atoms with van der Waals surface area (Å²) in [6.07, 6.45) is 1.57. The van der Waals surface area contributed by atoms with Crippen molar-refractivity contribution in [2.24, 2.45) is 0 Å². The van der Waals surface area contributed by atoms with E-state index < -0.39 is 5.91 Å². The van der Waals surface area contributed by atoms with E-state index in [2.05, 4.69) is 30.7 Å². The lowest BCUT2D eigenvalue weighted by Gasteiger charge is -2.34. The lowest BCUT2D eigenvalue weighted by atomic mass is 10.3. The maximum absolute atomic E-state index is 12.4. The number of hydrogen-bond acceptors (Lipinski definition) is 8. The summed E-state index contributed by atoms with van der Waals surface area (Å²) in [6, 6.07) is 13.0. The topological polar surface area (TPSA) is 116 Å². The Bertz CT molecular complexity index is 1010. The van der Waals surface area contributed by atoms with Crippen molar-refractivity contribution in [2.75, 3.05) is 41.7 Å². The molecule has 2 aromatic heterocycles. The number of carbonyl (C=O) groups is 2. The Balaban J connectivity index is 1.33. The molecule has 30 heavy (non-hydrogen) atoms. The minimum Gasteiger partial charge on any atom is -0.399 e. The number of benzene rings is 1. The van der Waals surface area contributed by atoms with Crippen molar-refractivity contribution < 1.29 is 14.0 Å². The Hall–Kier alpha value is -3.95. The molecule has 0 unspecified atom stereocenters. The van der Waals surface area contributed by atoms with E-state index in [9.17, 15) is 9.59 Å². The van der Waals surface area contributed by atoms with Crippen molar-refractivity contribution in [3.8, 4) is 0 Å². The first kappa shape index (κ1) is 19.4. The van der Waals surface area contributed by atoms with Gasteiger partial charge in [0.25, 0.3) is 0 Å². The normalized spacial score (nSPS) is 13.8. The average Bonchev–Trinajstić information content (AvgIpc) is 3.24. The van der Waals surface area contributed by atoms with Crippen LogP contribution in [0.1, 0.15) is 17.6 Å². The predicted octanol–water partition coefficient (Wildman–Crippen LogP) is 2.13. The van der Waals surface area contributed by atoms with Gasteiger partial charge in [-0.25, -0.2) is 4.98 Å². The maximum Gasteiger partial charge on any atom is 0.320 e. The zero-order valence-corrected chi connectivity index (χ0v) is 16.4. The number of nitrogens with zero attached hydrogens (tertiary/aromatic N) is 5. The van der Waals surface area contributed by atoms with Crippen molar-refractivity contribution >= 4 is 35.0 Å². The van der Waals surface area contributed by atoms with Crippen molar-refractivity contribution in [3.63, 3.8) is 0 Å². The van der Waals surface area contributed by atoms with Gasteiger partial charge in [-0.1, -0.05) is 23.3 Å². The number of para-hydroxylation sites is 1. The van der Waals surface area contributed by atoms with Gasteiger partial charge in [-0.15, -0.1) is 5.10 Å². The molecule has 1 aliphatic rings. The number of anilines is 4. The van der Waals surface area contributed by atoms with Crippen LogP contribution in [0.3, 0.4) is 0 Å². The lowest BCUT2D eigenvalue weighted by Crippen LogP contribution is -2.48. The van der Waals surface area contributed by atoms with Crippen molar-refractivity contribution in [3.05, 3.63) is 54.6 Å². The van der Waals surface area contributed by atoms with Gasteiger partial charge in [-0.3, -0.25) is 9.59 Å². The molecule has 1 fully saturated rings. The molecule has 1 aliphatic heterocycles. The van der Waals surface area contributed by atoms with E-state index in [1.165, 1.54) is 0 Å². The number of carbonyl (C=O) groups excluding carboxylic acids is 2. The molecule has 0 aliphatic carbocycles. The van der Waals surface area contributed by atoms with Gasteiger partial charge in [0.15, 0.2) is 0 Å². The van der Waals surface area contributed by atoms with Crippen LogP contribution in [0, 0.1) is 0 Å². The molecule has 0 bridgehead atoms. The van der Waals surface area contributed by atoms with Gasteiger partial charge < -0.3 is 24.9 Å². The first-order valence-corrected chi connectivity index (χ1v) is 9.52. The number of rotatable bonds is 5. The van der Waals surface area contributed by atoms with E-state index in [0.717, 1.165) is 24.6 Å². The zero-order valence-electron chi connectivity index (χ0n) is 16.4. The third kappa shape index (κ3) is 4.54. The first-order chi connectivity index (χ1) is 14.6. The molecule has 2 N–H and O–H groups in total. The number of amides is 2. The zero-order chi connectivity index (χ0) is 20.9. The molecular weight excluding hydrogens is 386 g/mol. The van der Waals surface area contributed by atoms with Crippen LogP contribution in [0.25, 0.3) is 0 Å². The van der Waals surface area contributed by atoms with Gasteiger partial charge in [0.05, 0.1) is 11.9 Å². The van der Waals surface area contributed by atoms with Crippen molar-refractivity contribution in [2.45, 2.75) is 6.92 Å². The molecule has 154 valence electrons. The minimum absolute atomic E-state index is 0.0869. The minimum atomic E-state index is -0.520. The van der Waals surface area contributed by atoms with E-state index in [1.54, 1.807) is 19.2 Å². The predicted molar refractivity (Wildman–Crippen MR) is 111 cm³/mol. The molecular formula is C20H21N7O3. The lowest BCUT2D eigenvalue weighted by molar-refractivity contribution is -0.129. The number of aromatic nitrogens is 3. The molecule has 1 saturated heterocycles. The standard InChI is InChI=1S/C20H21N7O3/c1-14(28)26-9-11-27(12-10-26)17-8-7-16(13-21-17)22-18(29)19-24-25-20(30-19)23-15-5-3-2-4-6-15/h2-8,13H,9-12H2,1H3,(H,22,29)(H,23,25). The fourth-order valence-corrected chi connectivity index (χ4v) is 3.09. The molecule has 4 rings (SSSR count). The van der Waals surface area contributed by atoms with Crippen LogP contribution in [0.5, 0.6) is 0 Å². The molecule has 3 heterocycles. The molecule has 10 heteroatoms. The maximum atomic E-state index is 12.4. The summed E-state index contributed by atoms with van der Waals surface area (Å²) in [7, 11) is 0. The Morgan fingerprint density at radius 2 is 1.73 bits per heavy atom. The van der Waals surface area contributed by atoms with Crippen molar-refractivity contribution in [1.82, 2.24) is 20.1 Å². The fraction of sp³-hybridized carbons (Fsp3) is 0.250. The Morgan fingerprint density at radius 1 is 0.967 bits per heavy atom. The second kappa shape index (κ2) is 8.60. The molecule has 10 nitrogen and oxygen atoms in total. The molecule has 0 saturated carbocycles. The molecule has 0 atom stereocenters. The summed E-state index contributed by atoms with van der Waals surface area (Å²) in [6.45, 7) is 4.36. The number of hydrogen-bond donors (Lipinski definition) is 2. The summed E-state index contributed by atoms with van der Waals surface area (Å²) >= 11 is 0. The molecule has 1 aromatic carbocycles. The number of piperazine rings is 1. The van der Waals surface area contributed by atoms with Crippen LogP contribution in [0.2, 0.25) is 0 Å². The second-order valence-electron chi connectivity index (χ2n) is 6.76. The molecule has 3 aromatic rings. The number of nitrogens with one attached hydrogen (secondary N) is 2. The van der Waals surface area contributed by atoms with Crippen molar-refractivity contribution in [1.29, 1.82) is 0 Å². The van der Waals surface area contributed by atoms with Crippen LogP contribution in [0.15, 0.2) is 53.1 Å². The summed E-state index contributed by atoms with van der Waals surface area (Å²) in [5.41, 5.74) is 1.29. The SMILES string of the molecule is CC(=O)N1CCN(c2ccc(NC(=O)c3nnc(Nc4ccccc4)o3)cn2)CC1. The van der Waals surface area contributed by atoms with Gasteiger partial charge in [-0.2, -0.15) is 0 Å². The molecule has 2 amide bonds. The Kier molecular flexibility index (Phi) is 5.55. The highest BCUT2D eigenvalue weighted by Gasteiger charge is 2.20. The monoisotopic (exact) mass is 407 g/mol. The molecule has 0 spiro atoms. The summed E-state index contributed by atoms with van der Waals surface area (Å²) < 4.78 is 5.36. The van der Waals surface area contributed by atoms with Crippen LogP contribution in [0.4, 0.5) is 23.2 Å². The highest BCUT2D eigenvalue weighted by atomic mass is 16.4. The highest BCUT2D eigenvalue weighted by Crippen LogP contribution is 2.18. The molecule has 0 radical (unpaired) electrons. The first-order valence-electron chi connectivity index (χ1n) is 9.52. The van der Waals surface area contributed by atoms with E-state index in [1.807, 2.05) is 41.3 Å². The van der Waals surface area contributed by atoms with E-state index >= 15 is 0 Å². The largest absolute Gasteiger partial charge is 0.399 e. The third-order valence-electron chi connectivity index (χ3n) is 4.70. The summed E-state index contributed by atoms with van der Waals surface area (Å²) in [5, 5.41) is 13.2. The van der Waals surface area contributed by atoms with E-state index in [4.69, 9.17) is 4.42 Å². The van der Waals surface area contributed by atoms with Crippen LogP contribution >= 0.6 is 0 Å². The van der Waals surface area contributed by atoms with Crippen LogP contribution < -0.4 is 15.5 Å². The second-order valence-corrected chi connectivity index (χ2v) is 6.76. The van der Waals surface area contributed by atoms with Gasteiger partial charge >= 0.3 is 17.8 Å². The average molecular weight is 407 g/mol. The van der Waals surface area contributed by atoms with Gasteiger partial charge in [0, 0.05) is 38.8 Å². The van der Waals surface area contributed by atoms with Crippen LogP contribution in [-0.2, 0) is 4.79 Å². The Morgan fingerprint density at radius 3 is 2.40 bits per heavy atom. The smallest absolute Gasteiger partial charge is 0.320 e. The highest BCUT2D eigenvalue weighted by molar-refractivity contribution is 6.00. The fourth-order valence-electron chi connectivity index (χ4n) is 3.09. The summed E-state index contributed by atoms with van der Waals surface area (Å²) in [4.78, 5) is 32.1.